The molecule has 1 aliphatic rings. The van der Waals surface area contributed by atoms with E-state index in [2.05, 4.69) is 0 Å². The molecule has 0 aromatic heterocycles. The summed E-state index contributed by atoms with van der Waals surface area (Å²) in [4.78, 5) is 13.8. The number of nitrogens with zero attached hydrogens (tertiary/aromatic N) is 1. The Morgan fingerprint density at radius 1 is 1.21 bits per heavy atom. The first-order valence-corrected chi connectivity index (χ1v) is 9.13. The van der Waals surface area contributed by atoms with Gasteiger partial charge in [-0.15, -0.1) is 0 Å². The van der Waals surface area contributed by atoms with Crippen LogP contribution in [0.25, 0.3) is 0 Å². The highest BCUT2D eigenvalue weighted by Gasteiger charge is 2.29. The Bertz CT molecular complexity index is 399. The lowest BCUT2D eigenvalue weighted by Gasteiger charge is -2.31. The fourth-order valence-corrected chi connectivity index (χ4v) is 3.58. The zero-order valence-corrected chi connectivity index (χ0v) is 13.4. The molecule has 0 bridgehead atoms. The van der Waals surface area contributed by atoms with Crippen molar-refractivity contribution < 1.29 is 13.2 Å². The normalized spacial score (nSPS) is 20.8. The average molecular weight is 289 g/mol. The highest BCUT2D eigenvalue weighted by atomic mass is 32.2. The van der Waals surface area contributed by atoms with Crippen LogP contribution >= 0.6 is 0 Å². The van der Waals surface area contributed by atoms with Crippen LogP contribution in [0.1, 0.15) is 52.4 Å². The van der Waals surface area contributed by atoms with Crippen molar-refractivity contribution in [1.29, 1.82) is 0 Å². The van der Waals surface area contributed by atoms with Gasteiger partial charge in [0.25, 0.3) is 0 Å². The van der Waals surface area contributed by atoms with Crippen molar-refractivity contribution in [3.05, 3.63) is 0 Å². The molecule has 0 heterocycles. The molecule has 112 valence electrons. The highest BCUT2D eigenvalue weighted by molar-refractivity contribution is 7.91. The lowest BCUT2D eigenvalue weighted by Crippen LogP contribution is -2.44. The van der Waals surface area contributed by atoms with E-state index in [9.17, 15) is 13.2 Å². The molecule has 0 radical (unpaired) electrons. The summed E-state index contributed by atoms with van der Waals surface area (Å²) in [6, 6.07) is -0.272. The van der Waals surface area contributed by atoms with Gasteiger partial charge in [0, 0.05) is 25.8 Å². The maximum Gasteiger partial charge on any atom is 0.222 e. The maximum absolute atomic E-state index is 12.2. The lowest BCUT2D eigenvalue weighted by atomic mass is 9.86. The minimum Gasteiger partial charge on any atom is -0.342 e. The Kier molecular flexibility index (Phi) is 5.83. The van der Waals surface area contributed by atoms with Crippen molar-refractivity contribution in [2.45, 2.75) is 63.7 Å². The largest absolute Gasteiger partial charge is 0.342 e. The Morgan fingerprint density at radius 2 is 1.74 bits per heavy atom. The monoisotopic (exact) mass is 289 g/mol. The number of hydrogen-bond donors (Lipinski definition) is 0. The van der Waals surface area contributed by atoms with Crippen molar-refractivity contribution in [1.82, 2.24) is 4.90 Å². The molecule has 1 aliphatic carbocycles. The summed E-state index contributed by atoms with van der Waals surface area (Å²) in [5.41, 5.74) is 0. The summed E-state index contributed by atoms with van der Waals surface area (Å²) in [6.45, 7) is 3.48. The number of carbonyl (C=O) groups is 1. The molecule has 0 aromatic rings. The summed E-state index contributed by atoms with van der Waals surface area (Å²) in [5, 5.41) is -0.521. The fourth-order valence-electron chi connectivity index (χ4n) is 2.68. The summed E-state index contributed by atoms with van der Waals surface area (Å²) < 4.78 is 23.1. The predicted octanol–water partition coefficient (Wildman–Crippen LogP) is 2.24. The summed E-state index contributed by atoms with van der Waals surface area (Å²) in [6.07, 6.45) is 7.78. The van der Waals surface area contributed by atoms with Gasteiger partial charge in [-0.05, 0) is 32.6 Å². The van der Waals surface area contributed by atoms with Crippen molar-refractivity contribution >= 4 is 15.7 Å². The van der Waals surface area contributed by atoms with Gasteiger partial charge in [0.05, 0.1) is 5.25 Å². The fraction of sp³-hybridized carbons (Fsp3) is 0.929. The standard InChI is InChI=1S/C14H27NO3S/c1-11(12(2)19(4,17)18)15(3)14(16)10-13-8-6-5-7-9-13/h11-13H,5-10H2,1-4H3/t11-,12+/m0/s1. The minimum absolute atomic E-state index is 0.0786. The van der Waals surface area contributed by atoms with Crippen LogP contribution in [0.5, 0.6) is 0 Å². The topological polar surface area (TPSA) is 54.5 Å². The van der Waals surface area contributed by atoms with Crippen LogP contribution in [0.4, 0.5) is 0 Å². The molecule has 5 heteroatoms. The quantitative estimate of drug-likeness (QED) is 0.780. The third kappa shape index (κ3) is 4.79. The SMILES string of the molecule is C[C@H]([C@H](C)N(C)C(=O)CC1CCCCC1)S(C)(=O)=O. The van der Waals surface area contributed by atoms with Crippen molar-refractivity contribution in [3.8, 4) is 0 Å². The predicted molar refractivity (Wildman–Crippen MR) is 77.7 cm³/mol. The molecule has 1 saturated carbocycles. The van der Waals surface area contributed by atoms with Gasteiger partial charge in [-0.3, -0.25) is 4.79 Å². The summed E-state index contributed by atoms with van der Waals surface area (Å²) in [7, 11) is -1.39. The van der Waals surface area contributed by atoms with E-state index in [0.29, 0.717) is 12.3 Å². The molecule has 1 rings (SSSR count). The summed E-state index contributed by atoms with van der Waals surface area (Å²) >= 11 is 0. The number of amides is 1. The Morgan fingerprint density at radius 3 is 2.21 bits per heavy atom. The second-order valence-corrected chi connectivity index (χ2v) is 8.39. The van der Waals surface area contributed by atoms with Gasteiger partial charge < -0.3 is 4.90 Å². The van der Waals surface area contributed by atoms with Crippen LogP contribution in [0.2, 0.25) is 0 Å². The number of rotatable bonds is 5. The molecule has 0 unspecified atom stereocenters. The average Bonchev–Trinajstić information content (AvgIpc) is 2.36. The third-order valence-corrected chi connectivity index (χ3v) is 6.29. The zero-order valence-electron chi connectivity index (χ0n) is 12.6. The molecule has 0 N–H and O–H groups in total. The first-order valence-electron chi connectivity index (χ1n) is 7.18. The van der Waals surface area contributed by atoms with E-state index < -0.39 is 15.1 Å². The molecule has 0 aliphatic heterocycles. The van der Waals surface area contributed by atoms with Gasteiger partial charge in [0.1, 0.15) is 0 Å². The van der Waals surface area contributed by atoms with Crippen LogP contribution in [-0.2, 0) is 14.6 Å². The highest BCUT2D eigenvalue weighted by Crippen LogP contribution is 2.27. The van der Waals surface area contributed by atoms with Crippen molar-refractivity contribution in [2.24, 2.45) is 5.92 Å². The maximum atomic E-state index is 12.2. The number of hydrogen-bond acceptors (Lipinski definition) is 3. The molecule has 4 nitrogen and oxygen atoms in total. The molecule has 1 fully saturated rings. The number of carbonyl (C=O) groups excluding carboxylic acids is 1. The molecule has 2 atom stereocenters. The Balaban J connectivity index is 2.55. The van der Waals surface area contributed by atoms with Gasteiger partial charge >= 0.3 is 0 Å². The van der Waals surface area contributed by atoms with Crippen LogP contribution < -0.4 is 0 Å². The van der Waals surface area contributed by atoms with E-state index in [0.717, 1.165) is 12.8 Å². The first-order chi connectivity index (χ1) is 8.73. The van der Waals surface area contributed by atoms with E-state index in [1.807, 2.05) is 6.92 Å². The molecule has 1 amide bonds. The van der Waals surface area contributed by atoms with Gasteiger partial charge in [0.2, 0.25) is 5.91 Å². The Labute approximate surface area is 117 Å². The lowest BCUT2D eigenvalue weighted by molar-refractivity contribution is -0.132. The molecular formula is C14H27NO3S. The van der Waals surface area contributed by atoms with E-state index in [1.165, 1.54) is 25.5 Å². The molecule has 0 spiro atoms. The third-order valence-electron chi connectivity index (χ3n) is 4.55. The van der Waals surface area contributed by atoms with E-state index >= 15 is 0 Å². The van der Waals surface area contributed by atoms with Crippen molar-refractivity contribution in [3.63, 3.8) is 0 Å². The second kappa shape index (κ2) is 6.73. The molecule has 0 saturated heterocycles. The van der Waals surface area contributed by atoms with Crippen molar-refractivity contribution in [2.75, 3.05) is 13.3 Å². The zero-order chi connectivity index (χ0) is 14.6. The van der Waals surface area contributed by atoms with Crippen LogP contribution in [0.15, 0.2) is 0 Å². The second-order valence-electron chi connectivity index (χ2n) is 5.99. The first kappa shape index (κ1) is 16.5. The van der Waals surface area contributed by atoms with E-state index in [-0.39, 0.29) is 11.9 Å². The van der Waals surface area contributed by atoms with Gasteiger partial charge in [0.15, 0.2) is 9.84 Å². The van der Waals surface area contributed by atoms with Gasteiger partial charge in [-0.25, -0.2) is 8.42 Å². The van der Waals surface area contributed by atoms with Crippen LogP contribution in [-0.4, -0.2) is 43.8 Å². The molecule has 0 aromatic carbocycles. The number of sulfone groups is 1. The molecular weight excluding hydrogens is 262 g/mol. The van der Waals surface area contributed by atoms with E-state index in [4.69, 9.17) is 0 Å². The van der Waals surface area contributed by atoms with Crippen LogP contribution in [0, 0.1) is 5.92 Å². The smallest absolute Gasteiger partial charge is 0.222 e. The minimum atomic E-state index is -3.11. The van der Waals surface area contributed by atoms with E-state index in [1.54, 1.807) is 18.9 Å². The van der Waals surface area contributed by atoms with Gasteiger partial charge in [-0.1, -0.05) is 19.3 Å². The molecule has 19 heavy (non-hydrogen) atoms. The van der Waals surface area contributed by atoms with Crippen LogP contribution in [0.3, 0.4) is 0 Å². The Hall–Kier alpha value is -0.580. The van der Waals surface area contributed by atoms with Gasteiger partial charge in [-0.2, -0.15) is 0 Å². The summed E-state index contributed by atoms with van der Waals surface area (Å²) in [5.74, 6) is 0.569.